The third-order valence-electron chi connectivity index (χ3n) is 5.24. The predicted molar refractivity (Wildman–Crippen MR) is 122 cm³/mol. The van der Waals surface area contributed by atoms with Crippen molar-refractivity contribution in [3.63, 3.8) is 0 Å². The van der Waals surface area contributed by atoms with Gasteiger partial charge in [0.15, 0.2) is 0 Å². The molecule has 1 saturated heterocycles. The molecule has 1 unspecified atom stereocenters. The van der Waals surface area contributed by atoms with Crippen LogP contribution in [0.4, 0.5) is 10.1 Å². The Bertz CT molecular complexity index is 833. The lowest BCUT2D eigenvalue weighted by Crippen LogP contribution is -2.51. The van der Waals surface area contributed by atoms with E-state index in [4.69, 9.17) is 29.0 Å². The average molecular weight is 453 g/mol. The number of halogens is 3. The third kappa shape index (κ3) is 5.33. The second kappa shape index (κ2) is 10.8. The van der Waals surface area contributed by atoms with Crippen LogP contribution in [0.15, 0.2) is 41.8 Å². The first kappa shape index (κ1) is 22.6. The number of benzene rings is 1. The van der Waals surface area contributed by atoms with Crippen molar-refractivity contribution in [3.8, 4) is 0 Å². The van der Waals surface area contributed by atoms with Gasteiger partial charge in [-0.25, -0.2) is 4.39 Å². The number of unbranched alkanes of at least 4 members (excludes halogenated alkanes) is 1. The fourth-order valence-corrected chi connectivity index (χ4v) is 4.31. The van der Waals surface area contributed by atoms with Crippen LogP contribution in [0.3, 0.4) is 0 Å². The molecule has 0 aliphatic carbocycles. The molecule has 0 spiro atoms. The molecular weight excluding hydrogens is 426 g/mol. The van der Waals surface area contributed by atoms with Crippen LogP contribution in [-0.2, 0) is 0 Å². The summed E-state index contributed by atoms with van der Waals surface area (Å²) in [6, 6.07) is 6.33. The number of rotatable bonds is 7. The number of hydrogen-bond donors (Lipinski definition) is 2. The molecule has 0 bridgehead atoms. The number of piperazine rings is 1. The molecule has 162 valence electrons. The van der Waals surface area contributed by atoms with Crippen molar-refractivity contribution in [2.75, 3.05) is 37.6 Å². The van der Waals surface area contributed by atoms with E-state index in [-0.39, 0.29) is 11.9 Å². The van der Waals surface area contributed by atoms with Gasteiger partial charge in [0, 0.05) is 45.1 Å². The molecule has 0 amide bonds. The number of nitrogens with two attached hydrogens (primary N) is 1. The van der Waals surface area contributed by atoms with Gasteiger partial charge in [0.2, 0.25) is 0 Å². The maximum Gasteiger partial charge on any atom is 0.143 e. The zero-order chi connectivity index (χ0) is 21.5. The highest BCUT2D eigenvalue weighted by Gasteiger charge is 2.30. The molecule has 1 aliphatic rings. The van der Waals surface area contributed by atoms with Crippen molar-refractivity contribution < 1.29 is 4.39 Å². The summed E-state index contributed by atoms with van der Waals surface area (Å²) in [5.74, 6) is 6.18. The van der Waals surface area contributed by atoms with Crippen molar-refractivity contribution in [1.82, 2.24) is 15.2 Å². The van der Waals surface area contributed by atoms with Crippen LogP contribution in [0, 0.1) is 5.82 Å². The van der Waals surface area contributed by atoms with Gasteiger partial charge in [0.05, 0.1) is 21.8 Å². The number of aromatic nitrogens is 1. The Morgan fingerprint density at radius 2 is 1.80 bits per heavy atom. The highest BCUT2D eigenvalue weighted by molar-refractivity contribution is 6.38. The molecule has 9 heteroatoms. The van der Waals surface area contributed by atoms with Crippen LogP contribution in [0.2, 0.25) is 10.0 Å². The summed E-state index contributed by atoms with van der Waals surface area (Å²) in [5, 5.41) is 8.49. The summed E-state index contributed by atoms with van der Waals surface area (Å²) < 4.78 is 13.5. The fourth-order valence-electron chi connectivity index (χ4n) is 3.70. The fraction of sp³-hybridized carbons (Fsp3) is 0.429. The molecule has 2 aromatic rings. The normalized spacial score (nSPS) is 16.5. The molecule has 0 radical (unpaired) electrons. The summed E-state index contributed by atoms with van der Waals surface area (Å²) in [6.07, 6.45) is 5.29. The lowest BCUT2D eigenvalue weighted by molar-refractivity contribution is 0.226. The number of nitrogens with zero attached hydrogens (tertiary/aromatic N) is 4. The van der Waals surface area contributed by atoms with Crippen LogP contribution in [0.5, 0.6) is 0 Å². The number of hydrogen-bond acceptors (Lipinski definition) is 5. The SMILES string of the molecule is CCCCN/C(=N\N)C(c1ccc(F)cc1)N1CCN(c2c(Cl)cncc2Cl)CC1. The predicted octanol–water partition coefficient (Wildman–Crippen LogP) is 4.05. The van der Waals surface area contributed by atoms with Crippen LogP contribution in [0.25, 0.3) is 0 Å². The summed E-state index contributed by atoms with van der Waals surface area (Å²) in [5.41, 5.74) is 1.75. The van der Waals surface area contributed by atoms with Crippen molar-refractivity contribution in [1.29, 1.82) is 0 Å². The maximum absolute atomic E-state index is 13.5. The van der Waals surface area contributed by atoms with E-state index < -0.39 is 0 Å². The van der Waals surface area contributed by atoms with Crippen molar-refractivity contribution >= 4 is 34.7 Å². The standard InChI is InChI=1S/C21H27Cl2FN6/c1-2-3-8-27-21(28-25)19(15-4-6-16(24)7-5-15)29-9-11-30(12-10-29)20-17(22)13-26-14-18(20)23/h4-7,13-14,19H,2-3,8-12,25H2,1H3,(H,27,28). The molecule has 1 atom stereocenters. The molecule has 1 aromatic heterocycles. The zero-order valence-corrected chi connectivity index (χ0v) is 18.5. The van der Waals surface area contributed by atoms with E-state index in [1.165, 1.54) is 12.1 Å². The summed E-state index contributed by atoms with van der Waals surface area (Å²) in [4.78, 5) is 8.48. The number of amidine groups is 1. The first-order chi connectivity index (χ1) is 14.5. The molecule has 0 saturated carbocycles. The first-order valence-corrected chi connectivity index (χ1v) is 10.9. The number of pyridine rings is 1. The van der Waals surface area contributed by atoms with Crippen molar-refractivity contribution in [2.24, 2.45) is 10.9 Å². The monoisotopic (exact) mass is 452 g/mol. The van der Waals surface area contributed by atoms with Gasteiger partial charge in [0.1, 0.15) is 11.7 Å². The average Bonchev–Trinajstić information content (AvgIpc) is 2.75. The van der Waals surface area contributed by atoms with Crippen LogP contribution in [0.1, 0.15) is 31.4 Å². The molecule has 30 heavy (non-hydrogen) atoms. The Labute approximate surface area is 186 Å². The quantitative estimate of drug-likeness (QED) is 0.218. The summed E-state index contributed by atoms with van der Waals surface area (Å²) in [6.45, 7) is 5.86. The van der Waals surface area contributed by atoms with Gasteiger partial charge in [0.25, 0.3) is 0 Å². The topological polar surface area (TPSA) is 69.8 Å². The number of anilines is 1. The van der Waals surface area contributed by atoms with Gasteiger partial charge >= 0.3 is 0 Å². The lowest BCUT2D eigenvalue weighted by atomic mass is 10.0. The minimum absolute atomic E-state index is 0.182. The Hall–Kier alpha value is -2.09. The Morgan fingerprint density at radius 3 is 2.37 bits per heavy atom. The van der Waals surface area contributed by atoms with Crippen LogP contribution < -0.4 is 16.1 Å². The van der Waals surface area contributed by atoms with Crippen LogP contribution >= 0.6 is 23.2 Å². The van der Waals surface area contributed by atoms with E-state index in [0.29, 0.717) is 15.9 Å². The van der Waals surface area contributed by atoms with E-state index in [1.807, 2.05) is 0 Å². The van der Waals surface area contributed by atoms with Gasteiger partial charge in [-0.3, -0.25) is 9.88 Å². The molecule has 3 N–H and O–H groups in total. The van der Waals surface area contributed by atoms with E-state index >= 15 is 0 Å². The summed E-state index contributed by atoms with van der Waals surface area (Å²) >= 11 is 12.7. The molecule has 6 nitrogen and oxygen atoms in total. The number of nitrogens with one attached hydrogen (secondary N) is 1. The Balaban J connectivity index is 1.80. The molecule has 3 rings (SSSR count). The minimum Gasteiger partial charge on any atom is -0.370 e. The van der Waals surface area contributed by atoms with E-state index in [1.54, 1.807) is 24.5 Å². The Kier molecular flexibility index (Phi) is 8.13. The lowest BCUT2D eigenvalue weighted by Gasteiger charge is -2.41. The molecular formula is C21H27Cl2FN6. The molecule has 1 aromatic carbocycles. The Morgan fingerprint density at radius 1 is 1.17 bits per heavy atom. The minimum atomic E-state index is -0.269. The maximum atomic E-state index is 13.5. The van der Waals surface area contributed by atoms with Crippen molar-refractivity contribution in [3.05, 3.63) is 58.1 Å². The zero-order valence-electron chi connectivity index (χ0n) is 17.0. The second-order valence-electron chi connectivity index (χ2n) is 7.22. The number of hydrazone groups is 1. The van der Waals surface area contributed by atoms with Gasteiger partial charge in [-0.2, -0.15) is 5.10 Å². The second-order valence-corrected chi connectivity index (χ2v) is 8.04. The highest BCUT2D eigenvalue weighted by Crippen LogP contribution is 2.34. The molecule has 2 heterocycles. The van der Waals surface area contributed by atoms with E-state index in [0.717, 1.165) is 56.8 Å². The van der Waals surface area contributed by atoms with Gasteiger partial charge in [-0.1, -0.05) is 48.7 Å². The largest absolute Gasteiger partial charge is 0.370 e. The van der Waals surface area contributed by atoms with Gasteiger partial charge in [-0.15, -0.1) is 0 Å². The van der Waals surface area contributed by atoms with E-state index in [2.05, 4.69) is 32.1 Å². The third-order valence-corrected chi connectivity index (χ3v) is 5.80. The van der Waals surface area contributed by atoms with E-state index in [9.17, 15) is 4.39 Å². The van der Waals surface area contributed by atoms with Gasteiger partial charge < -0.3 is 16.1 Å². The summed E-state index contributed by atoms with van der Waals surface area (Å²) in [7, 11) is 0. The van der Waals surface area contributed by atoms with Crippen molar-refractivity contribution in [2.45, 2.75) is 25.8 Å². The first-order valence-electron chi connectivity index (χ1n) is 10.1. The van der Waals surface area contributed by atoms with Crippen LogP contribution in [-0.4, -0.2) is 48.4 Å². The van der Waals surface area contributed by atoms with Gasteiger partial charge in [-0.05, 0) is 24.1 Å². The molecule has 1 aliphatic heterocycles. The smallest absolute Gasteiger partial charge is 0.143 e. The molecule has 1 fully saturated rings. The highest BCUT2D eigenvalue weighted by atomic mass is 35.5.